The Hall–Kier alpha value is -1.22. The molecule has 0 aromatic heterocycles. The monoisotopic (exact) mass is 237 g/mol. The molecule has 1 rings (SSSR count). The van der Waals surface area contributed by atoms with E-state index in [9.17, 15) is 0 Å². The first-order valence-corrected chi connectivity index (χ1v) is 6.06. The molecule has 17 heavy (non-hydrogen) atoms. The summed E-state index contributed by atoms with van der Waals surface area (Å²) in [5.41, 5.74) is 7.26. The molecule has 3 heteroatoms. The molecule has 0 aliphatic rings. The fourth-order valence-corrected chi connectivity index (χ4v) is 1.76. The molecule has 0 unspecified atom stereocenters. The third-order valence-corrected chi connectivity index (χ3v) is 2.89. The van der Waals surface area contributed by atoms with Crippen molar-refractivity contribution in [2.45, 2.75) is 32.7 Å². The summed E-state index contributed by atoms with van der Waals surface area (Å²) in [6.07, 6.45) is 2.13. The zero-order chi connectivity index (χ0) is 12.8. The standard InChI is InChI=1S/C14H23NO2/c1-10(2)5-7-12(15)11-6-8-13(16-3)14(9-11)17-4/h6,8-10,12H,5,7,15H2,1-4H3/t12-/m0/s1. The SMILES string of the molecule is COc1ccc([C@@H](N)CCC(C)C)cc1OC. The Morgan fingerprint density at radius 1 is 1.06 bits per heavy atom. The average Bonchev–Trinajstić information content (AvgIpc) is 2.34. The fraction of sp³-hybridized carbons (Fsp3) is 0.571. The van der Waals surface area contributed by atoms with Gasteiger partial charge in [0.05, 0.1) is 14.2 Å². The summed E-state index contributed by atoms with van der Waals surface area (Å²) in [5, 5.41) is 0. The van der Waals surface area contributed by atoms with Gasteiger partial charge in [-0.15, -0.1) is 0 Å². The summed E-state index contributed by atoms with van der Waals surface area (Å²) in [7, 11) is 3.28. The van der Waals surface area contributed by atoms with Gasteiger partial charge < -0.3 is 15.2 Å². The van der Waals surface area contributed by atoms with Gasteiger partial charge in [0.2, 0.25) is 0 Å². The summed E-state index contributed by atoms with van der Waals surface area (Å²) in [5.74, 6) is 2.17. The van der Waals surface area contributed by atoms with E-state index in [0.717, 1.165) is 29.9 Å². The van der Waals surface area contributed by atoms with Crippen LogP contribution in [0.5, 0.6) is 11.5 Å². The molecule has 0 saturated carbocycles. The lowest BCUT2D eigenvalue weighted by Gasteiger charge is -2.15. The minimum atomic E-state index is 0.0669. The molecule has 0 amide bonds. The highest BCUT2D eigenvalue weighted by Crippen LogP contribution is 2.30. The van der Waals surface area contributed by atoms with Crippen LogP contribution in [0.1, 0.15) is 38.3 Å². The molecule has 0 heterocycles. The van der Waals surface area contributed by atoms with Crippen molar-refractivity contribution in [1.29, 1.82) is 0 Å². The number of methoxy groups -OCH3 is 2. The topological polar surface area (TPSA) is 44.5 Å². The van der Waals surface area contributed by atoms with E-state index in [1.54, 1.807) is 14.2 Å². The molecule has 0 fully saturated rings. The number of rotatable bonds is 6. The highest BCUT2D eigenvalue weighted by Gasteiger charge is 2.11. The highest BCUT2D eigenvalue weighted by atomic mass is 16.5. The molecule has 1 aromatic carbocycles. The van der Waals surface area contributed by atoms with E-state index in [0.29, 0.717) is 5.92 Å². The minimum Gasteiger partial charge on any atom is -0.493 e. The number of hydrogen-bond acceptors (Lipinski definition) is 3. The second-order valence-electron chi connectivity index (χ2n) is 4.69. The van der Waals surface area contributed by atoms with Gasteiger partial charge in [0.15, 0.2) is 11.5 Å². The van der Waals surface area contributed by atoms with Crippen LogP contribution in [0.3, 0.4) is 0 Å². The highest BCUT2D eigenvalue weighted by molar-refractivity contribution is 5.43. The fourth-order valence-electron chi connectivity index (χ4n) is 1.76. The number of benzene rings is 1. The maximum Gasteiger partial charge on any atom is 0.161 e. The molecule has 3 nitrogen and oxygen atoms in total. The van der Waals surface area contributed by atoms with E-state index in [-0.39, 0.29) is 6.04 Å². The first-order valence-electron chi connectivity index (χ1n) is 6.06. The zero-order valence-electron chi connectivity index (χ0n) is 11.2. The van der Waals surface area contributed by atoms with E-state index in [2.05, 4.69) is 13.8 Å². The Morgan fingerprint density at radius 3 is 2.24 bits per heavy atom. The van der Waals surface area contributed by atoms with Crippen LogP contribution in [0.4, 0.5) is 0 Å². The van der Waals surface area contributed by atoms with Crippen LogP contribution >= 0.6 is 0 Å². The third-order valence-electron chi connectivity index (χ3n) is 2.89. The predicted molar refractivity (Wildman–Crippen MR) is 70.5 cm³/mol. The van der Waals surface area contributed by atoms with Crippen molar-refractivity contribution >= 4 is 0 Å². The van der Waals surface area contributed by atoms with E-state index in [1.165, 1.54) is 0 Å². The second-order valence-corrected chi connectivity index (χ2v) is 4.69. The van der Waals surface area contributed by atoms with E-state index in [4.69, 9.17) is 15.2 Å². The van der Waals surface area contributed by atoms with Crippen LogP contribution < -0.4 is 15.2 Å². The minimum absolute atomic E-state index is 0.0669. The quantitative estimate of drug-likeness (QED) is 0.826. The van der Waals surface area contributed by atoms with Gasteiger partial charge in [0.25, 0.3) is 0 Å². The van der Waals surface area contributed by atoms with Crippen molar-refractivity contribution in [3.63, 3.8) is 0 Å². The van der Waals surface area contributed by atoms with Crippen molar-refractivity contribution in [2.24, 2.45) is 11.7 Å². The molecule has 0 spiro atoms. The Bertz CT molecular complexity index is 350. The van der Waals surface area contributed by atoms with Gasteiger partial charge in [0.1, 0.15) is 0 Å². The van der Waals surface area contributed by atoms with Gasteiger partial charge in [-0.25, -0.2) is 0 Å². The van der Waals surface area contributed by atoms with Gasteiger partial charge in [-0.2, -0.15) is 0 Å². The Balaban J connectivity index is 2.77. The molecule has 0 saturated heterocycles. The maximum absolute atomic E-state index is 6.16. The summed E-state index contributed by atoms with van der Waals surface area (Å²) in [6.45, 7) is 4.42. The second kappa shape index (κ2) is 6.50. The van der Waals surface area contributed by atoms with E-state index >= 15 is 0 Å². The summed E-state index contributed by atoms with van der Waals surface area (Å²) >= 11 is 0. The first kappa shape index (κ1) is 13.8. The lowest BCUT2D eigenvalue weighted by molar-refractivity contribution is 0.354. The van der Waals surface area contributed by atoms with E-state index < -0.39 is 0 Å². The van der Waals surface area contributed by atoms with Crippen LogP contribution in [0.25, 0.3) is 0 Å². The molecule has 0 radical (unpaired) electrons. The zero-order valence-corrected chi connectivity index (χ0v) is 11.2. The van der Waals surface area contributed by atoms with Gasteiger partial charge in [-0.1, -0.05) is 19.9 Å². The van der Waals surface area contributed by atoms with Gasteiger partial charge in [0, 0.05) is 6.04 Å². The van der Waals surface area contributed by atoms with Crippen molar-refractivity contribution in [3.8, 4) is 11.5 Å². The summed E-state index contributed by atoms with van der Waals surface area (Å²) in [4.78, 5) is 0. The summed E-state index contributed by atoms with van der Waals surface area (Å²) < 4.78 is 10.5. The van der Waals surface area contributed by atoms with Crippen LogP contribution in [-0.2, 0) is 0 Å². The Morgan fingerprint density at radius 2 is 1.71 bits per heavy atom. The van der Waals surface area contributed by atoms with Gasteiger partial charge in [-0.05, 0) is 36.5 Å². The third kappa shape index (κ3) is 3.93. The molecule has 2 N–H and O–H groups in total. The van der Waals surface area contributed by atoms with Gasteiger partial charge in [-0.3, -0.25) is 0 Å². The Labute approximate surface area is 104 Å². The summed E-state index contributed by atoms with van der Waals surface area (Å²) in [6, 6.07) is 5.94. The van der Waals surface area contributed by atoms with Crippen molar-refractivity contribution in [2.75, 3.05) is 14.2 Å². The smallest absolute Gasteiger partial charge is 0.161 e. The van der Waals surface area contributed by atoms with Crippen LogP contribution in [0, 0.1) is 5.92 Å². The van der Waals surface area contributed by atoms with Crippen molar-refractivity contribution < 1.29 is 9.47 Å². The van der Waals surface area contributed by atoms with Crippen LogP contribution in [0.15, 0.2) is 18.2 Å². The molecule has 0 aliphatic heterocycles. The lowest BCUT2D eigenvalue weighted by Crippen LogP contribution is -2.11. The van der Waals surface area contributed by atoms with Crippen LogP contribution in [0.2, 0.25) is 0 Å². The largest absolute Gasteiger partial charge is 0.493 e. The van der Waals surface area contributed by atoms with Crippen molar-refractivity contribution in [3.05, 3.63) is 23.8 Å². The molecule has 96 valence electrons. The average molecular weight is 237 g/mol. The van der Waals surface area contributed by atoms with Crippen LogP contribution in [-0.4, -0.2) is 14.2 Å². The molecule has 0 aliphatic carbocycles. The molecular weight excluding hydrogens is 214 g/mol. The number of ether oxygens (including phenoxy) is 2. The number of hydrogen-bond donors (Lipinski definition) is 1. The molecule has 0 bridgehead atoms. The van der Waals surface area contributed by atoms with E-state index in [1.807, 2.05) is 18.2 Å². The predicted octanol–water partition coefficient (Wildman–Crippen LogP) is 3.14. The number of nitrogens with two attached hydrogens (primary N) is 1. The van der Waals surface area contributed by atoms with Gasteiger partial charge >= 0.3 is 0 Å². The lowest BCUT2D eigenvalue weighted by atomic mass is 9.98. The molecular formula is C14H23NO2. The molecule has 1 aromatic rings. The van der Waals surface area contributed by atoms with Crippen molar-refractivity contribution in [1.82, 2.24) is 0 Å². The normalized spacial score (nSPS) is 12.6. The molecule has 1 atom stereocenters. The first-order chi connectivity index (χ1) is 8.08. The maximum atomic E-state index is 6.16. The Kier molecular flexibility index (Phi) is 5.29.